The molecule has 0 aliphatic carbocycles. The van der Waals surface area contributed by atoms with Crippen molar-refractivity contribution in [3.8, 4) is 11.1 Å². The van der Waals surface area contributed by atoms with Crippen LogP contribution in [0.15, 0.2) is 109 Å². The van der Waals surface area contributed by atoms with Crippen molar-refractivity contribution in [1.29, 1.82) is 0 Å². The SMILES string of the molecule is Cc1nc2c(CCc3ccccc3)nnc(CCc3ccccc3)c2n1Cc1ccc(-c2ccccc2C(=O)O)cc1. The minimum Gasteiger partial charge on any atom is -0.478 e. The van der Waals surface area contributed by atoms with Crippen LogP contribution in [0.25, 0.3) is 22.2 Å². The molecule has 208 valence electrons. The zero-order valence-corrected chi connectivity index (χ0v) is 23.6. The zero-order chi connectivity index (χ0) is 28.9. The minimum absolute atomic E-state index is 0.298. The topological polar surface area (TPSA) is 80.9 Å². The number of nitrogens with zero attached hydrogens (tertiary/aromatic N) is 4. The van der Waals surface area contributed by atoms with Gasteiger partial charge in [0.15, 0.2) is 0 Å². The summed E-state index contributed by atoms with van der Waals surface area (Å²) in [5, 5.41) is 19.1. The molecule has 0 unspecified atom stereocenters. The highest BCUT2D eigenvalue weighted by Gasteiger charge is 2.19. The van der Waals surface area contributed by atoms with Crippen LogP contribution in [0.1, 0.15) is 44.3 Å². The van der Waals surface area contributed by atoms with E-state index in [1.54, 1.807) is 12.1 Å². The largest absolute Gasteiger partial charge is 0.478 e. The summed E-state index contributed by atoms with van der Waals surface area (Å²) in [6.45, 7) is 2.67. The number of rotatable bonds is 10. The Bertz CT molecular complexity index is 1830. The summed E-state index contributed by atoms with van der Waals surface area (Å²) in [7, 11) is 0. The Morgan fingerprint density at radius 2 is 1.24 bits per heavy atom. The molecule has 0 atom stereocenters. The summed E-state index contributed by atoms with van der Waals surface area (Å²) >= 11 is 0. The predicted molar refractivity (Wildman–Crippen MR) is 166 cm³/mol. The number of imidazole rings is 1. The predicted octanol–water partition coefficient (Wildman–Crippen LogP) is 7.12. The number of benzene rings is 4. The number of hydrogen-bond donors (Lipinski definition) is 1. The highest BCUT2D eigenvalue weighted by molar-refractivity contribution is 5.96. The van der Waals surface area contributed by atoms with Gasteiger partial charge in [0.1, 0.15) is 11.3 Å². The molecule has 2 heterocycles. The second-order valence-corrected chi connectivity index (χ2v) is 10.6. The molecule has 0 aliphatic heterocycles. The Hall–Kier alpha value is -5.10. The maximum Gasteiger partial charge on any atom is 0.336 e. The third-order valence-corrected chi connectivity index (χ3v) is 7.75. The van der Waals surface area contributed by atoms with E-state index in [4.69, 9.17) is 10.1 Å². The third-order valence-electron chi connectivity index (χ3n) is 7.75. The summed E-state index contributed by atoms with van der Waals surface area (Å²) in [6, 6.07) is 36.1. The molecule has 6 heteroatoms. The summed E-state index contributed by atoms with van der Waals surface area (Å²) in [5.41, 5.74) is 9.35. The van der Waals surface area contributed by atoms with Gasteiger partial charge in [-0.15, -0.1) is 0 Å². The van der Waals surface area contributed by atoms with E-state index >= 15 is 0 Å². The monoisotopic (exact) mass is 552 g/mol. The highest BCUT2D eigenvalue weighted by atomic mass is 16.4. The van der Waals surface area contributed by atoms with Crippen molar-refractivity contribution in [1.82, 2.24) is 19.7 Å². The molecule has 0 bridgehead atoms. The number of carboxylic acid groups (broad SMARTS) is 1. The van der Waals surface area contributed by atoms with Gasteiger partial charge >= 0.3 is 5.97 Å². The summed E-state index contributed by atoms with van der Waals surface area (Å²) in [5.74, 6) is -0.00980. The van der Waals surface area contributed by atoms with Gasteiger partial charge in [0.2, 0.25) is 0 Å². The van der Waals surface area contributed by atoms with Crippen LogP contribution in [0.5, 0.6) is 0 Å². The van der Waals surface area contributed by atoms with Crippen LogP contribution in [0.4, 0.5) is 0 Å². The Morgan fingerprint density at radius 3 is 1.88 bits per heavy atom. The van der Waals surface area contributed by atoms with Gasteiger partial charge in [-0.1, -0.05) is 103 Å². The van der Waals surface area contributed by atoms with Crippen LogP contribution in [-0.4, -0.2) is 30.8 Å². The third kappa shape index (κ3) is 5.84. The van der Waals surface area contributed by atoms with E-state index in [-0.39, 0.29) is 0 Å². The van der Waals surface area contributed by atoms with Gasteiger partial charge in [0, 0.05) is 6.54 Å². The molecule has 6 aromatic rings. The molecule has 6 nitrogen and oxygen atoms in total. The van der Waals surface area contributed by atoms with E-state index in [1.807, 2.05) is 43.3 Å². The highest BCUT2D eigenvalue weighted by Crippen LogP contribution is 2.27. The number of aromatic carboxylic acids is 1. The minimum atomic E-state index is -0.928. The standard InChI is InChI=1S/C36H32N4O2/c1-25-37-34-32(22-18-26-10-4-2-5-11-26)38-39-33(23-19-27-12-6-3-7-13-27)35(34)40(25)24-28-16-20-29(21-17-28)30-14-8-9-15-31(30)36(41)42/h2-17,20-21H,18-19,22-24H2,1H3,(H,41,42). The molecule has 1 N–H and O–H groups in total. The van der Waals surface area contributed by atoms with Gasteiger partial charge in [0.25, 0.3) is 0 Å². The van der Waals surface area contributed by atoms with Gasteiger partial charge in [-0.2, -0.15) is 10.2 Å². The number of carbonyl (C=O) groups is 1. The van der Waals surface area contributed by atoms with E-state index in [1.165, 1.54) is 11.1 Å². The van der Waals surface area contributed by atoms with Crippen molar-refractivity contribution in [2.24, 2.45) is 0 Å². The van der Waals surface area contributed by atoms with Crippen molar-refractivity contribution >= 4 is 17.0 Å². The molecular formula is C36H32N4O2. The summed E-state index contributed by atoms with van der Waals surface area (Å²) in [6.07, 6.45) is 3.28. The van der Waals surface area contributed by atoms with Crippen LogP contribution in [0, 0.1) is 6.92 Å². The van der Waals surface area contributed by atoms with Gasteiger partial charge < -0.3 is 9.67 Å². The Balaban J connectivity index is 1.34. The molecule has 0 aliphatic rings. The lowest BCUT2D eigenvalue weighted by Gasteiger charge is -2.12. The first-order chi connectivity index (χ1) is 20.6. The van der Waals surface area contributed by atoms with Crippen molar-refractivity contribution in [3.63, 3.8) is 0 Å². The smallest absolute Gasteiger partial charge is 0.336 e. The molecule has 2 aromatic heterocycles. The van der Waals surface area contributed by atoms with E-state index in [0.717, 1.165) is 65.1 Å². The molecule has 0 radical (unpaired) electrons. The average molecular weight is 553 g/mol. The van der Waals surface area contributed by atoms with Crippen LogP contribution < -0.4 is 0 Å². The van der Waals surface area contributed by atoms with Crippen LogP contribution in [0.3, 0.4) is 0 Å². The fourth-order valence-electron chi connectivity index (χ4n) is 5.51. The fourth-order valence-corrected chi connectivity index (χ4v) is 5.51. The second kappa shape index (κ2) is 12.2. The first kappa shape index (κ1) is 27.1. The van der Waals surface area contributed by atoms with Crippen molar-refractivity contribution in [2.75, 3.05) is 0 Å². The fraction of sp³-hybridized carbons (Fsp3) is 0.167. The average Bonchev–Trinajstić information content (AvgIpc) is 3.36. The van der Waals surface area contributed by atoms with Crippen molar-refractivity contribution in [2.45, 2.75) is 39.2 Å². The van der Waals surface area contributed by atoms with E-state index in [2.05, 4.69) is 70.3 Å². The number of aryl methyl sites for hydroxylation is 5. The second-order valence-electron chi connectivity index (χ2n) is 10.6. The summed E-state index contributed by atoms with van der Waals surface area (Å²) < 4.78 is 2.25. The lowest BCUT2D eigenvalue weighted by Crippen LogP contribution is -2.08. The lowest BCUT2D eigenvalue weighted by atomic mass is 9.98. The van der Waals surface area contributed by atoms with Gasteiger partial charge in [-0.3, -0.25) is 0 Å². The number of fused-ring (bicyclic) bond motifs is 1. The number of aromatic nitrogens is 4. The molecule has 42 heavy (non-hydrogen) atoms. The lowest BCUT2D eigenvalue weighted by molar-refractivity contribution is 0.0697. The molecule has 0 saturated heterocycles. The molecule has 0 saturated carbocycles. The molecule has 6 rings (SSSR count). The summed E-state index contributed by atoms with van der Waals surface area (Å²) in [4.78, 5) is 16.8. The number of hydrogen-bond acceptors (Lipinski definition) is 4. The maximum atomic E-state index is 11.7. The van der Waals surface area contributed by atoms with Crippen molar-refractivity contribution < 1.29 is 9.90 Å². The zero-order valence-electron chi connectivity index (χ0n) is 23.6. The molecule has 4 aromatic carbocycles. The number of carboxylic acids is 1. The first-order valence-corrected chi connectivity index (χ1v) is 14.3. The van der Waals surface area contributed by atoms with E-state index in [0.29, 0.717) is 17.7 Å². The van der Waals surface area contributed by atoms with Crippen LogP contribution in [-0.2, 0) is 32.2 Å². The van der Waals surface area contributed by atoms with Crippen molar-refractivity contribution in [3.05, 3.63) is 149 Å². The normalized spacial score (nSPS) is 11.2. The molecule has 0 spiro atoms. The van der Waals surface area contributed by atoms with Crippen LogP contribution >= 0.6 is 0 Å². The Morgan fingerprint density at radius 1 is 0.667 bits per heavy atom. The molecule has 0 amide bonds. The quantitative estimate of drug-likeness (QED) is 0.196. The Kier molecular flexibility index (Phi) is 7.86. The first-order valence-electron chi connectivity index (χ1n) is 14.3. The molecular weight excluding hydrogens is 520 g/mol. The van der Waals surface area contributed by atoms with Gasteiger partial charge in [0.05, 0.1) is 22.5 Å². The molecule has 0 fully saturated rings. The van der Waals surface area contributed by atoms with E-state index < -0.39 is 5.97 Å². The Labute approximate surface area is 245 Å². The van der Waals surface area contributed by atoms with Crippen LogP contribution in [0.2, 0.25) is 0 Å². The van der Waals surface area contributed by atoms with E-state index in [9.17, 15) is 9.90 Å². The maximum absolute atomic E-state index is 11.7. The van der Waals surface area contributed by atoms with Gasteiger partial charge in [-0.25, -0.2) is 9.78 Å². The van der Waals surface area contributed by atoms with Gasteiger partial charge in [-0.05, 0) is 66.5 Å².